The van der Waals surface area contributed by atoms with Gasteiger partial charge in [0.25, 0.3) is 5.91 Å². The minimum absolute atomic E-state index is 0.0718. The highest BCUT2D eigenvalue weighted by Crippen LogP contribution is 2.16. The Morgan fingerprint density at radius 2 is 2.26 bits per heavy atom. The third kappa shape index (κ3) is 3.30. The summed E-state index contributed by atoms with van der Waals surface area (Å²) in [6.07, 6.45) is -0.767. The van der Waals surface area contributed by atoms with E-state index >= 15 is 0 Å². The van der Waals surface area contributed by atoms with Gasteiger partial charge in [0.05, 0.1) is 11.7 Å². The van der Waals surface area contributed by atoms with Gasteiger partial charge < -0.3 is 16.2 Å². The van der Waals surface area contributed by atoms with Crippen LogP contribution in [0.4, 0.5) is 10.1 Å². The SMILES string of the molecule is Nc1cc(F)ccc1C(=O)NCC(O)c1ccsc1. The fourth-order valence-corrected chi connectivity index (χ4v) is 2.31. The van der Waals surface area contributed by atoms with E-state index in [-0.39, 0.29) is 17.8 Å². The molecule has 1 aromatic heterocycles. The molecule has 4 N–H and O–H groups in total. The Balaban J connectivity index is 1.98. The van der Waals surface area contributed by atoms with E-state index in [1.165, 1.54) is 23.5 Å². The number of carbonyl (C=O) groups excluding carboxylic acids is 1. The second-order valence-electron chi connectivity index (χ2n) is 4.01. The van der Waals surface area contributed by atoms with E-state index in [9.17, 15) is 14.3 Å². The van der Waals surface area contributed by atoms with Gasteiger partial charge in [-0.25, -0.2) is 4.39 Å². The van der Waals surface area contributed by atoms with E-state index in [2.05, 4.69) is 5.32 Å². The molecule has 0 bridgehead atoms. The van der Waals surface area contributed by atoms with Crippen LogP contribution in [0.3, 0.4) is 0 Å². The number of nitrogens with one attached hydrogen (secondary N) is 1. The standard InChI is InChI=1S/C13H13FN2O2S/c14-9-1-2-10(11(15)5-9)13(18)16-6-12(17)8-3-4-19-7-8/h1-5,7,12,17H,6,15H2,(H,16,18). The van der Waals surface area contributed by atoms with Crippen LogP contribution in [-0.2, 0) is 0 Å². The van der Waals surface area contributed by atoms with Crippen molar-refractivity contribution in [1.29, 1.82) is 0 Å². The number of thiophene rings is 1. The molecule has 1 atom stereocenters. The van der Waals surface area contributed by atoms with Gasteiger partial charge in [0.1, 0.15) is 5.82 Å². The van der Waals surface area contributed by atoms with Gasteiger partial charge in [0.2, 0.25) is 0 Å². The lowest BCUT2D eigenvalue weighted by atomic mass is 10.1. The van der Waals surface area contributed by atoms with Gasteiger partial charge in [-0.2, -0.15) is 11.3 Å². The summed E-state index contributed by atoms with van der Waals surface area (Å²) in [6.45, 7) is 0.0758. The molecule has 1 aromatic carbocycles. The van der Waals surface area contributed by atoms with E-state index in [0.29, 0.717) is 0 Å². The number of nitrogens with two attached hydrogens (primary N) is 1. The molecule has 2 rings (SSSR count). The van der Waals surface area contributed by atoms with E-state index in [1.54, 1.807) is 6.07 Å². The molecule has 1 heterocycles. The molecule has 0 radical (unpaired) electrons. The summed E-state index contributed by atoms with van der Waals surface area (Å²) >= 11 is 1.47. The number of nitrogen functional groups attached to an aromatic ring is 1. The molecule has 0 saturated carbocycles. The normalized spacial score (nSPS) is 12.1. The molecule has 0 spiro atoms. The number of aliphatic hydroxyl groups excluding tert-OH is 1. The van der Waals surface area contributed by atoms with Gasteiger partial charge >= 0.3 is 0 Å². The summed E-state index contributed by atoms with van der Waals surface area (Å²) in [7, 11) is 0. The molecule has 0 aliphatic carbocycles. The smallest absolute Gasteiger partial charge is 0.253 e. The minimum Gasteiger partial charge on any atom is -0.398 e. The van der Waals surface area contributed by atoms with Crippen LogP contribution >= 0.6 is 11.3 Å². The van der Waals surface area contributed by atoms with Gasteiger partial charge in [-0.3, -0.25) is 4.79 Å². The predicted octanol–water partition coefficient (Wildman–Crippen LogP) is 1.93. The van der Waals surface area contributed by atoms with Crippen LogP contribution in [0, 0.1) is 5.82 Å². The molecule has 100 valence electrons. The maximum atomic E-state index is 12.9. The van der Waals surface area contributed by atoms with Crippen LogP contribution < -0.4 is 11.1 Å². The monoisotopic (exact) mass is 280 g/mol. The van der Waals surface area contributed by atoms with Crippen LogP contribution in [0.1, 0.15) is 22.0 Å². The van der Waals surface area contributed by atoms with E-state index in [1.807, 2.05) is 10.8 Å². The summed E-state index contributed by atoms with van der Waals surface area (Å²) in [4.78, 5) is 11.8. The molecule has 0 saturated heterocycles. The fourth-order valence-electron chi connectivity index (χ4n) is 1.61. The Hall–Kier alpha value is -1.92. The maximum absolute atomic E-state index is 12.9. The molecule has 0 aliphatic heterocycles. The number of carbonyl (C=O) groups is 1. The minimum atomic E-state index is -0.767. The first-order valence-electron chi connectivity index (χ1n) is 5.61. The zero-order valence-electron chi connectivity index (χ0n) is 9.97. The first-order valence-corrected chi connectivity index (χ1v) is 6.55. The number of benzene rings is 1. The lowest BCUT2D eigenvalue weighted by molar-refractivity contribution is 0.0917. The van der Waals surface area contributed by atoms with Crippen molar-refractivity contribution in [2.45, 2.75) is 6.10 Å². The Morgan fingerprint density at radius 1 is 1.47 bits per heavy atom. The third-order valence-corrected chi connectivity index (χ3v) is 3.34. The van der Waals surface area contributed by atoms with Crippen LogP contribution in [0.5, 0.6) is 0 Å². The van der Waals surface area contributed by atoms with Gasteiger partial charge in [-0.1, -0.05) is 0 Å². The zero-order valence-corrected chi connectivity index (χ0v) is 10.8. The molecular formula is C13H13FN2O2S. The molecule has 2 aromatic rings. The highest BCUT2D eigenvalue weighted by Gasteiger charge is 2.13. The highest BCUT2D eigenvalue weighted by molar-refractivity contribution is 7.07. The summed E-state index contributed by atoms with van der Waals surface area (Å²) < 4.78 is 12.9. The molecule has 1 unspecified atom stereocenters. The molecule has 0 fully saturated rings. The number of amides is 1. The van der Waals surface area contributed by atoms with Crippen molar-refractivity contribution in [2.75, 3.05) is 12.3 Å². The van der Waals surface area contributed by atoms with Crippen LogP contribution in [0.25, 0.3) is 0 Å². The number of halogens is 1. The average molecular weight is 280 g/mol. The number of hydrogen-bond donors (Lipinski definition) is 3. The topological polar surface area (TPSA) is 75.4 Å². The lowest BCUT2D eigenvalue weighted by Gasteiger charge is -2.11. The Morgan fingerprint density at radius 3 is 2.89 bits per heavy atom. The Labute approximate surface area is 113 Å². The van der Waals surface area contributed by atoms with Crippen LogP contribution in [-0.4, -0.2) is 17.6 Å². The number of aliphatic hydroxyl groups is 1. The fraction of sp³-hybridized carbons (Fsp3) is 0.154. The van der Waals surface area contributed by atoms with Crippen molar-refractivity contribution >= 4 is 22.9 Å². The van der Waals surface area contributed by atoms with E-state index < -0.39 is 17.8 Å². The summed E-state index contributed by atoms with van der Waals surface area (Å²) in [5.41, 5.74) is 6.57. The maximum Gasteiger partial charge on any atom is 0.253 e. The van der Waals surface area contributed by atoms with E-state index in [4.69, 9.17) is 5.73 Å². The Kier molecular flexibility index (Phi) is 4.13. The lowest BCUT2D eigenvalue weighted by Crippen LogP contribution is -2.28. The zero-order chi connectivity index (χ0) is 13.8. The molecule has 1 amide bonds. The van der Waals surface area contributed by atoms with Crippen molar-refractivity contribution in [3.05, 3.63) is 52.0 Å². The second kappa shape index (κ2) is 5.81. The summed E-state index contributed by atoms with van der Waals surface area (Å²) in [5, 5.41) is 16.0. The van der Waals surface area contributed by atoms with Crippen molar-refractivity contribution < 1.29 is 14.3 Å². The number of anilines is 1. The average Bonchev–Trinajstić information content (AvgIpc) is 2.89. The molecule has 4 nitrogen and oxygen atoms in total. The van der Waals surface area contributed by atoms with Crippen molar-refractivity contribution in [3.63, 3.8) is 0 Å². The molecule has 6 heteroatoms. The van der Waals surface area contributed by atoms with Crippen molar-refractivity contribution in [2.24, 2.45) is 0 Å². The third-order valence-electron chi connectivity index (χ3n) is 2.64. The van der Waals surface area contributed by atoms with E-state index in [0.717, 1.165) is 11.6 Å². The summed E-state index contributed by atoms with van der Waals surface area (Å²) in [5.74, 6) is -0.931. The van der Waals surface area contributed by atoms with Gasteiger partial charge in [0, 0.05) is 12.2 Å². The molecule has 0 aliphatic rings. The Bertz CT molecular complexity index is 572. The van der Waals surface area contributed by atoms with Gasteiger partial charge in [-0.05, 0) is 40.6 Å². The second-order valence-corrected chi connectivity index (χ2v) is 4.79. The highest BCUT2D eigenvalue weighted by atomic mass is 32.1. The van der Waals surface area contributed by atoms with Crippen molar-refractivity contribution in [3.8, 4) is 0 Å². The molecular weight excluding hydrogens is 267 g/mol. The predicted molar refractivity (Wildman–Crippen MR) is 72.4 cm³/mol. The van der Waals surface area contributed by atoms with Crippen LogP contribution in [0.2, 0.25) is 0 Å². The van der Waals surface area contributed by atoms with Crippen LogP contribution in [0.15, 0.2) is 35.0 Å². The quantitative estimate of drug-likeness (QED) is 0.749. The number of hydrogen-bond acceptors (Lipinski definition) is 4. The molecule has 19 heavy (non-hydrogen) atoms. The number of rotatable bonds is 4. The van der Waals surface area contributed by atoms with Gasteiger partial charge in [0.15, 0.2) is 0 Å². The largest absolute Gasteiger partial charge is 0.398 e. The first-order chi connectivity index (χ1) is 9.08. The van der Waals surface area contributed by atoms with Crippen molar-refractivity contribution in [1.82, 2.24) is 5.32 Å². The summed E-state index contributed by atoms with van der Waals surface area (Å²) in [6, 6.07) is 5.36. The van der Waals surface area contributed by atoms with Gasteiger partial charge in [-0.15, -0.1) is 0 Å². The first kappa shape index (κ1) is 13.5.